The molecule has 0 bridgehead atoms. The maximum Gasteiger partial charge on any atom is 0.417 e. The van der Waals surface area contributed by atoms with Gasteiger partial charge in [0, 0.05) is 18.7 Å². The first-order valence-corrected chi connectivity index (χ1v) is 8.84. The molecule has 0 spiro atoms. The topological polar surface area (TPSA) is 93.0 Å². The zero-order valence-electron chi connectivity index (χ0n) is 14.5. The average Bonchev–Trinajstić information content (AvgIpc) is 3.34. The number of amides is 3. The normalized spacial score (nSPS) is 19.7. The van der Waals surface area contributed by atoms with Crippen LogP contribution in [0.4, 0.5) is 4.79 Å². The summed E-state index contributed by atoms with van der Waals surface area (Å²) in [6.07, 6.45) is -0.157. The fraction of sp³-hybridized carbons (Fsp3) is 0.333. The van der Waals surface area contributed by atoms with Crippen molar-refractivity contribution >= 4 is 29.5 Å². The van der Waals surface area contributed by atoms with Crippen molar-refractivity contribution in [3.8, 4) is 11.3 Å². The molecule has 2 aliphatic heterocycles. The first-order valence-electron chi connectivity index (χ1n) is 8.46. The van der Waals surface area contributed by atoms with Crippen LogP contribution in [0.5, 0.6) is 0 Å². The number of ether oxygens (including phenoxy) is 1. The van der Waals surface area contributed by atoms with E-state index >= 15 is 0 Å². The molecule has 2 saturated heterocycles. The summed E-state index contributed by atoms with van der Waals surface area (Å²) in [5.41, 5.74) is 1.32. The molecule has 0 N–H and O–H groups in total. The van der Waals surface area contributed by atoms with Gasteiger partial charge in [0.15, 0.2) is 6.61 Å². The van der Waals surface area contributed by atoms with Gasteiger partial charge in [-0.25, -0.2) is 9.69 Å². The minimum absolute atomic E-state index is 0.242. The lowest BCUT2D eigenvalue weighted by atomic mass is 10.1. The molecule has 0 saturated carbocycles. The zero-order chi connectivity index (χ0) is 19.1. The highest BCUT2D eigenvalue weighted by Crippen LogP contribution is 2.32. The third-order valence-electron chi connectivity index (χ3n) is 4.81. The standard InChI is InChI=1S/C18H16ClN3O5/c1-10-15(16(20-27-10)12-4-2-3-5-13(12)19)17(24)21-7-6-11(8-21)22-14(23)9-26-18(22)25/h2-5,11H,6-9H2,1H3. The minimum Gasteiger partial charge on any atom is -0.439 e. The lowest BCUT2D eigenvalue weighted by Gasteiger charge is -2.20. The second-order valence-electron chi connectivity index (χ2n) is 6.45. The molecule has 140 valence electrons. The van der Waals surface area contributed by atoms with Crippen LogP contribution in [0.2, 0.25) is 5.02 Å². The Hall–Kier alpha value is -2.87. The van der Waals surface area contributed by atoms with Gasteiger partial charge >= 0.3 is 6.09 Å². The summed E-state index contributed by atoms with van der Waals surface area (Å²) in [5, 5.41) is 4.48. The van der Waals surface area contributed by atoms with Gasteiger partial charge in [-0.15, -0.1) is 0 Å². The molecule has 2 aliphatic rings. The number of likely N-dealkylation sites (tertiary alicyclic amines) is 1. The highest BCUT2D eigenvalue weighted by molar-refractivity contribution is 6.33. The van der Waals surface area contributed by atoms with Crippen molar-refractivity contribution in [3.63, 3.8) is 0 Å². The van der Waals surface area contributed by atoms with Crippen LogP contribution in [0.3, 0.4) is 0 Å². The molecule has 3 amide bonds. The number of aryl methyl sites for hydroxylation is 1. The molecule has 1 unspecified atom stereocenters. The quantitative estimate of drug-likeness (QED) is 0.800. The van der Waals surface area contributed by atoms with Crippen LogP contribution in [-0.2, 0) is 9.53 Å². The molecule has 3 heterocycles. The van der Waals surface area contributed by atoms with Crippen molar-refractivity contribution in [2.45, 2.75) is 19.4 Å². The lowest BCUT2D eigenvalue weighted by molar-refractivity contribution is -0.127. The third kappa shape index (κ3) is 2.95. The molecular formula is C18H16ClN3O5. The second-order valence-corrected chi connectivity index (χ2v) is 6.86. The van der Waals surface area contributed by atoms with Crippen molar-refractivity contribution in [2.75, 3.05) is 19.7 Å². The third-order valence-corrected chi connectivity index (χ3v) is 5.14. The van der Waals surface area contributed by atoms with E-state index in [9.17, 15) is 14.4 Å². The number of hydrogen-bond acceptors (Lipinski definition) is 6. The summed E-state index contributed by atoms with van der Waals surface area (Å²) in [6.45, 7) is 2.07. The van der Waals surface area contributed by atoms with Gasteiger partial charge < -0.3 is 14.2 Å². The molecule has 4 rings (SSSR count). The lowest BCUT2D eigenvalue weighted by Crippen LogP contribution is -2.42. The van der Waals surface area contributed by atoms with E-state index in [4.69, 9.17) is 20.9 Å². The second kappa shape index (κ2) is 6.70. The van der Waals surface area contributed by atoms with Crippen molar-refractivity contribution in [1.82, 2.24) is 15.0 Å². The Bertz CT molecular complexity index is 925. The van der Waals surface area contributed by atoms with Crippen molar-refractivity contribution in [1.29, 1.82) is 0 Å². The van der Waals surface area contributed by atoms with Crippen LogP contribution in [0.25, 0.3) is 11.3 Å². The van der Waals surface area contributed by atoms with Crippen LogP contribution in [0.1, 0.15) is 22.5 Å². The molecule has 0 aliphatic carbocycles. The Morgan fingerprint density at radius 2 is 2.07 bits per heavy atom. The summed E-state index contributed by atoms with van der Waals surface area (Å²) in [5.74, 6) is -0.265. The molecule has 2 fully saturated rings. The summed E-state index contributed by atoms with van der Waals surface area (Å²) in [6, 6.07) is 6.68. The smallest absolute Gasteiger partial charge is 0.417 e. The molecular weight excluding hydrogens is 374 g/mol. The molecule has 1 atom stereocenters. The van der Waals surface area contributed by atoms with Gasteiger partial charge in [-0.1, -0.05) is 35.0 Å². The SMILES string of the molecule is Cc1onc(-c2ccccc2Cl)c1C(=O)N1CCC(N2C(=O)COC2=O)C1. The number of rotatable bonds is 3. The molecule has 1 aromatic heterocycles. The Balaban J connectivity index is 1.60. The number of nitrogens with zero attached hydrogens (tertiary/aromatic N) is 3. The van der Waals surface area contributed by atoms with E-state index in [0.29, 0.717) is 40.6 Å². The van der Waals surface area contributed by atoms with Gasteiger partial charge in [0.1, 0.15) is 17.0 Å². The monoisotopic (exact) mass is 389 g/mol. The van der Waals surface area contributed by atoms with Crippen molar-refractivity contribution < 1.29 is 23.6 Å². The number of aromatic nitrogens is 1. The average molecular weight is 390 g/mol. The van der Waals surface area contributed by atoms with E-state index in [1.54, 1.807) is 36.1 Å². The predicted octanol–water partition coefficient (Wildman–Crippen LogP) is 2.50. The first kappa shape index (κ1) is 17.5. The van der Waals surface area contributed by atoms with Crippen LogP contribution in [0.15, 0.2) is 28.8 Å². The molecule has 2 aromatic rings. The van der Waals surface area contributed by atoms with Crippen molar-refractivity contribution in [3.05, 3.63) is 40.6 Å². The fourth-order valence-corrected chi connectivity index (χ4v) is 3.70. The Morgan fingerprint density at radius 3 is 2.78 bits per heavy atom. The van der Waals surface area contributed by atoms with E-state index in [2.05, 4.69) is 5.16 Å². The van der Waals surface area contributed by atoms with E-state index < -0.39 is 6.09 Å². The Kier molecular flexibility index (Phi) is 4.35. The molecule has 27 heavy (non-hydrogen) atoms. The molecule has 9 heteroatoms. The van der Waals surface area contributed by atoms with Crippen LogP contribution in [-0.4, -0.2) is 58.6 Å². The molecule has 0 radical (unpaired) electrons. The number of cyclic esters (lactones) is 1. The largest absolute Gasteiger partial charge is 0.439 e. The fourth-order valence-electron chi connectivity index (χ4n) is 3.47. The first-order chi connectivity index (χ1) is 13.0. The van der Waals surface area contributed by atoms with E-state index in [1.807, 2.05) is 0 Å². The highest BCUT2D eigenvalue weighted by Gasteiger charge is 2.42. The number of hydrogen-bond donors (Lipinski definition) is 0. The van der Waals surface area contributed by atoms with Gasteiger partial charge in [-0.3, -0.25) is 9.59 Å². The summed E-state index contributed by atoms with van der Waals surface area (Å²) in [4.78, 5) is 39.4. The maximum atomic E-state index is 13.1. The van der Waals surface area contributed by atoms with Crippen LogP contribution >= 0.6 is 11.6 Å². The van der Waals surface area contributed by atoms with E-state index in [0.717, 1.165) is 4.90 Å². The molecule has 8 nitrogen and oxygen atoms in total. The van der Waals surface area contributed by atoms with Crippen LogP contribution < -0.4 is 0 Å². The van der Waals surface area contributed by atoms with Gasteiger partial charge in [0.25, 0.3) is 11.8 Å². The number of benzene rings is 1. The van der Waals surface area contributed by atoms with E-state index in [1.165, 1.54) is 0 Å². The van der Waals surface area contributed by atoms with Gasteiger partial charge in [0.2, 0.25) is 0 Å². The molecule has 1 aromatic carbocycles. The Labute approximate surface area is 159 Å². The summed E-state index contributed by atoms with van der Waals surface area (Å²) < 4.78 is 10.0. The van der Waals surface area contributed by atoms with Gasteiger partial charge in [-0.2, -0.15) is 0 Å². The number of imide groups is 1. The Morgan fingerprint density at radius 1 is 1.30 bits per heavy atom. The number of carbonyl (C=O) groups excluding carboxylic acids is 3. The maximum absolute atomic E-state index is 13.1. The van der Waals surface area contributed by atoms with Crippen molar-refractivity contribution in [2.24, 2.45) is 0 Å². The minimum atomic E-state index is -0.655. The highest BCUT2D eigenvalue weighted by atomic mass is 35.5. The van der Waals surface area contributed by atoms with E-state index in [-0.39, 0.29) is 31.0 Å². The zero-order valence-corrected chi connectivity index (χ0v) is 15.2. The predicted molar refractivity (Wildman–Crippen MR) is 94.2 cm³/mol. The summed E-state index contributed by atoms with van der Waals surface area (Å²) >= 11 is 6.24. The van der Waals surface area contributed by atoms with Gasteiger partial charge in [0.05, 0.1) is 11.1 Å². The number of halogens is 1. The number of carbonyl (C=O) groups is 3. The van der Waals surface area contributed by atoms with Crippen LogP contribution in [0, 0.1) is 6.92 Å². The van der Waals surface area contributed by atoms with Gasteiger partial charge in [-0.05, 0) is 19.4 Å². The summed E-state index contributed by atoms with van der Waals surface area (Å²) in [7, 11) is 0.